The molecule has 2 heterocycles. The van der Waals surface area contributed by atoms with Crippen LogP contribution in [0.2, 0.25) is 5.02 Å². The van der Waals surface area contributed by atoms with Gasteiger partial charge in [-0.1, -0.05) is 35.9 Å². The van der Waals surface area contributed by atoms with Crippen molar-refractivity contribution in [3.05, 3.63) is 41.7 Å². The van der Waals surface area contributed by atoms with E-state index >= 15 is 0 Å². The molecule has 1 fully saturated rings. The summed E-state index contributed by atoms with van der Waals surface area (Å²) in [5.74, 6) is 0.109. The molecule has 4 nitrogen and oxygen atoms in total. The molecule has 6 heteroatoms. The second kappa shape index (κ2) is 6.54. The van der Waals surface area contributed by atoms with Gasteiger partial charge in [-0.15, -0.1) is 0 Å². The molecule has 1 amide bonds. The number of nitrogens with zero attached hydrogens (tertiary/aromatic N) is 2. The fourth-order valence-corrected chi connectivity index (χ4v) is 3.67. The van der Waals surface area contributed by atoms with E-state index in [0.717, 1.165) is 36.7 Å². The smallest absolute Gasteiger partial charge is 0.233 e. The van der Waals surface area contributed by atoms with E-state index in [0.29, 0.717) is 5.02 Å². The molecule has 3 rings (SSSR count). The van der Waals surface area contributed by atoms with Crippen molar-refractivity contribution in [3.8, 4) is 5.69 Å². The number of nitrogens with one attached hydrogen (secondary N) is 1. The van der Waals surface area contributed by atoms with Gasteiger partial charge in [0, 0.05) is 29.6 Å². The van der Waals surface area contributed by atoms with Crippen molar-refractivity contribution in [2.45, 2.75) is 29.7 Å². The molecule has 1 saturated heterocycles. The zero-order valence-corrected chi connectivity index (χ0v) is 13.0. The Morgan fingerprint density at radius 1 is 1.38 bits per heavy atom. The molecule has 0 spiro atoms. The molecule has 1 unspecified atom stereocenters. The van der Waals surface area contributed by atoms with E-state index in [9.17, 15) is 4.79 Å². The highest BCUT2D eigenvalue weighted by Gasteiger charge is 2.23. The Morgan fingerprint density at radius 3 is 3.14 bits per heavy atom. The van der Waals surface area contributed by atoms with Gasteiger partial charge in [-0.05, 0) is 31.0 Å². The lowest BCUT2D eigenvalue weighted by molar-refractivity contribution is -0.120. The van der Waals surface area contributed by atoms with E-state index in [-0.39, 0.29) is 11.2 Å². The fourth-order valence-electron chi connectivity index (χ4n) is 2.35. The molecule has 1 N–H and O–H groups in total. The number of aromatic nitrogens is 2. The molecule has 1 atom stereocenters. The number of carbonyl (C=O) groups excluding carboxylic acids is 1. The average Bonchev–Trinajstić information content (AvgIpc) is 2.84. The highest BCUT2D eigenvalue weighted by Crippen LogP contribution is 2.29. The number of hydrogen-bond acceptors (Lipinski definition) is 3. The minimum absolute atomic E-state index is 0.0761. The Balaban J connectivity index is 1.84. The summed E-state index contributed by atoms with van der Waals surface area (Å²) in [5, 5.41) is 4.38. The third-order valence-electron chi connectivity index (χ3n) is 3.43. The molecule has 1 aromatic carbocycles. The lowest BCUT2D eigenvalue weighted by atomic mass is 10.2. The van der Waals surface area contributed by atoms with Gasteiger partial charge in [0.25, 0.3) is 0 Å². The van der Waals surface area contributed by atoms with Gasteiger partial charge >= 0.3 is 0 Å². The second-order valence-corrected chi connectivity index (χ2v) is 6.56. The third kappa shape index (κ3) is 3.41. The maximum atomic E-state index is 12.1. The predicted octanol–water partition coefficient (Wildman–Crippen LogP) is 3.29. The quantitative estimate of drug-likeness (QED) is 0.943. The van der Waals surface area contributed by atoms with Crippen LogP contribution in [0, 0.1) is 0 Å². The van der Waals surface area contributed by atoms with Gasteiger partial charge in [0.05, 0.1) is 5.25 Å². The molecule has 1 aliphatic rings. The monoisotopic (exact) mass is 321 g/mol. The van der Waals surface area contributed by atoms with Crippen LogP contribution in [-0.2, 0) is 4.79 Å². The highest BCUT2D eigenvalue weighted by molar-refractivity contribution is 8.00. The minimum Gasteiger partial charge on any atom is -0.355 e. The summed E-state index contributed by atoms with van der Waals surface area (Å²) in [6.45, 7) is 0.776. The molecular weight excluding hydrogens is 306 g/mol. The summed E-state index contributed by atoms with van der Waals surface area (Å²) in [7, 11) is 0. The zero-order valence-electron chi connectivity index (χ0n) is 11.5. The van der Waals surface area contributed by atoms with Gasteiger partial charge in [-0.3, -0.25) is 9.36 Å². The van der Waals surface area contributed by atoms with Crippen LogP contribution in [0.15, 0.2) is 41.8 Å². The number of halogens is 1. The Kier molecular flexibility index (Phi) is 4.51. The van der Waals surface area contributed by atoms with Crippen molar-refractivity contribution in [2.75, 3.05) is 6.54 Å². The zero-order chi connectivity index (χ0) is 14.7. The van der Waals surface area contributed by atoms with Crippen molar-refractivity contribution in [2.24, 2.45) is 0 Å². The largest absolute Gasteiger partial charge is 0.355 e. The van der Waals surface area contributed by atoms with Gasteiger partial charge < -0.3 is 5.32 Å². The van der Waals surface area contributed by atoms with Crippen LogP contribution in [0.3, 0.4) is 0 Å². The summed E-state index contributed by atoms with van der Waals surface area (Å²) < 4.78 is 1.97. The summed E-state index contributed by atoms with van der Waals surface area (Å²) >= 11 is 7.56. The molecule has 1 aromatic heterocycles. The van der Waals surface area contributed by atoms with Crippen LogP contribution < -0.4 is 5.32 Å². The van der Waals surface area contributed by atoms with Crippen molar-refractivity contribution < 1.29 is 4.79 Å². The average molecular weight is 322 g/mol. The fraction of sp³-hybridized carbons (Fsp3) is 0.333. The first-order chi connectivity index (χ1) is 10.2. The number of imidazole rings is 1. The molecule has 1 aliphatic heterocycles. The van der Waals surface area contributed by atoms with Crippen molar-refractivity contribution >= 4 is 29.3 Å². The Bertz CT molecular complexity index is 643. The molecule has 0 aliphatic carbocycles. The number of thioether (sulfide) groups is 1. The number of benzene rings is 1. The summed E-state index contributed by atoms with van der Waals surface area (Å²) in [6.07, 6.45) is 6.64. The molecule has 2 aromatic rings. The highest BCUT2D eigenvalue weighted by atomic mass is 35.5. The van der Waals surface area contributed by atoms with Crippen molar-refractivity contribution in [1.29, 1.82) is 0 Å². The number of amides is 1. The van der Waals surface area contributed by atoms with Crippen LogP contribution in [0.4, 0.5) is 0 Å². The Hall–Kier alpha value is -1.46. The van der Waals surface area contributed by atoms with Crippen LogP contribution in [-0.4, -0.2) is 27.3 Å². The Labute approximate surface area is 132 Å². The first kappa shape index (κ1) is 14.5. The van der Waals surface area contributed by atoms with Gasteiger partial charge in [-0.2, -0.15) is 0 Å². The lowest BCUT2D eigenvalue weighted by Crippen LogP contribution is -2.30. The van der Waals surface area contributed by atoms with E-state index in [4.69, 9.17) is 11.6 Å². The van der Waals surface area contributed by atoms with Crippen LogP contribution >= 0.6 is 23.4 Å². The maximum absolute atomic E-state index is 12.1. The van der Waals surface area contributed by atoms with E-state index in [1.807, 2.05) is 35.0 Å². The summed E-state index contributed by atoms with van der Waals surface area (Å²) in [6, 6.07) is 7.61. The molecular formula is C15H16ClN3OS. The van der Waals surface area contributed by atoms with Gasteiger partial charge in [0.1, 0.15) is 0 Å². The van der Waals surface area contributed by atoms with Crippen molar-refractivity contribution in [3.63, 3.8) is 0 Å². The number of rotatable bonds is 3. The molecule has 110 valence electrons. The number of hydrogen-bond donors (Lipinski definition) is 1. The number of carbonyl (C=O) groups is 1. The Morgan fingerprint density at radius 2 is 2.29 bits per heavy atom. The molecule has 21 heavy (non-hydrogen) atoms. The van der Waals surface area contributed by atoms with Crippen LogP contribution in [0.5, 0.6) is 0 Å². The molecule has 0 radical (unpaired) electrons. The first-order valence-electron chi connectivity index (χ1n) is 6.98. The third-order valence-corrected chi connectivity index (χ3v) is 4.91. The minimum atomic E-state index is -0.0761. The van der Waals surface area contributed by atoms with Crippen molar-refractivity contribution in [1.82, 2.24) is 14.9 Å². The van der Waals surface area contributed by atoms with Crippen LogP contribution in [0.25, 0.3) is 5.69 Å². The normalized spacial score (nSPS) is 19.1. The summed E-state index contributed by atoms with van der Waals surface area (Å²) in [5.41, 5.74) is 0.955. The maximum Gasteiger partial charge on any atom is 0.233 e. The van der Waals surface area contributed by atoms with Gasteiger partial charge in [0.15, 0.2) is 5.16 Å². The van der Waals surface area contributed by atoms with Crippen LogP contribution in [0.1, 0.15) is 19.3 Å². The standard InChI is InChI=1S/C15H16ClN3OS/c16-11-4-3-5-12(10-11)19-9-8-18-15(19)21-13-6-1-2-7-17-14(13)20/h3-5,8-10,13H,1-2,6-7H2,(H,17,20). The second-order valence-electron chi connectivity index (χ2n) is 4.95. The topological polar surface area (TPSA) is 46.9 Å². The van der Waals surface area contributed by atoms with Gasteiger partial charge in [-0.25, -0.2) is 4.98 Å². The van der Waals surface area contributed by atoms with E-state index in [1.165, 1.54) is 11.8 Å². The van der Waals surface area contributed by atoms with E-state index < -0.39 is 0 Å². The van der Waals surface area contributed by atoms with E-state index in [2.05, 4.69) is 10.3 Å². The summed E-state index contributed by atoms with van der Waals surface area (Å²) in [4.78, 5) is 16.4. The van der Waals surface area contributed by atoms with Gasteiger partial charge in [0.2, 0.25) is 5.91 Å². The molecule has 0 saturated carbocycles. The SMILES string of the molecule is O=C1NCCCCC1Sc1nccn1-c1cccc(Cl)c1. The predicted molar refractivity (Wildman–Crippen MR) is 85.1 cm³/mol. The molecule has 0 bridgehead atoms. The lowest BCUT2D eigenvalue weighted by Gasteiger charge is -2.13. The van der Waals surface area contributed by atoms with E-state index in [1.54, 1.807) is 6.20 Å². The first-order valence-corrected chi connectivity index (χ1v) is 8.23.